The van der Waals surface area contributed by atoms with E-state index in [0.29, 0.717) is 0 Å². The molecule has 4 nitrogen and oxygen atoms in total. The minimum atomic E-state index is 0.783. The van der Waals surface area contributed by atoms with Gasteiger partial charge in [0.25, 0.3) is 0 Å². The molecule has 27 heavy (non-hydrogen) atoms. The summed E-state index contributed by atoms with van der Waals surface area (Å²) in [6.07, 6.45) is 4.73. The van der Waals surface area contributed by atoms with Crippen LogP contribution in [0.3, 0.4) is 0 Å². The van der Waals surface area contributed by atoms with Crippen LogP contribution in [0.1, 0.15) is 24.8 Å². The molecule has 0 amide bonds. The fraction of sp³-hybridized carbons (Fsp3) is 0.478. The number of likely N-dealkylation sites (tertiary alicyclic amines) is 1. The minimum Gasteiger partial charge on any atom is -0.494 e. The second kappa shape index (κ2) is 10.2. The Labute approximate surface area is 163 Å². The summed E-state index contributed by atoms with van der Waals surface area (Å²) in [4.78, 5) is 2.57. The number of para-hydroxylation sites is 1. The molecule has 1 aliphatic heterocycles. The Bertz CT molecular complexity index is 681. The molecule has 0 spiro atoms. The van der Waals surface area contributed by atoms with Crippen molar-refractivity contribution < 1.29 is 14.2 Å². The van der Waals surface area contributed by atoms with Crippen LogP contribution in [0.15, 0.2) is 48.5 Å². The van der Waals surface area contributed by atoms with Crippen LogP contribution in [-0.2, 0) is 6.42 Å². The van der Waals surface area contributed by atoms with E-state index in [-0.39, 0.29) is 0 Å². The van der Waals surface area contributed by atoms with Gasteiger partial charge in [-0.3, -0.25) is 0 Å². The first-order valence-electron chi connectivity index (χ1n) is 9.89. The summed E-state index contributed by atoms with van der Waals surface area (Å²) in [6.45, 7) is 4.29. The Balaban J connectivity index is 1.36. The highest BCUT2D eigenvalue weighted by Gasteiger charge is 2.19. The van der Waals surface area contributed by atoms with Crippen LogP contribution in [0, 0.1) is 5.92 Å². The van der Waals surface area contributed by atoms with Crippen molar-refractivity contribution >= 4 is 0 Å². The zero-order chi connectivity index (χ0) is 18.9. The van der Waals surface area contributed by atoms with Crippen LogP contribution >= 0.6 is 0 Å². The fourth-order valence-electron chi connectivity index (χ4n) is 3.68. The van der Waals surface area contributed by atoms with Gasteiger partial charge in [0.15, 0.2) is 11.5 Å². The maximum absolute atomic E-state index is 5.85. The Morgan fingerprint density at radius 3 is 2.37 bits per heavy atom. The van der Waals surface area contributed by atoms with Crippen LogP contribution < -0.4 is 14.2 Å². The summed E-state index contributed by atoms with van der Waals surface area (Å²) in [5, 5.41) is 0. The Morgan fingerprint density at radius 1 is 0.926 bits per heavy atom. The molecule has 2 aromatic carbocycles. The van der Waals surface area contributed by atoms with Crippen molar-refractivity contribution in [2.75, 3.05) is 40.5 Å². The smallest absolute Gasteiger partial charge is 0.160 e. The summed E-state index contributed by atoms with van der Waals surface area (Å²) in [6, 6.07) is 16.3. The second-order valence-electron chi connectivity index (χ2n) is 7.17. The van der Waals surface area contributed by atoms with Crippen LogP contribution in [0.2, 0.25) is 0 Å². The predicted octanol–water partition coefficient (Wildman–Crippen LogP) is 4.43. The number of nitrogens with zero attached hydrogens (tertiary/aromatic N) is 1. The van der Waals surface area contributed by atoms with Crippen molar-refractivity contribution in [1.29, 1.82) is 0 Å². The van der Waals surface area contributed by atoms with Crippen molar-refractivity contribution in [3.63, 3.8) is 0 Å². The van der Waals surface area contributed by atoms with Gasteiger partial charge in [0.2, 0.25) is 0 Å². The number of hydrogen-bond donors (Lipinski definition) is 0. The maximum Gasteiger partial charge on any atom is 0.160 e. The van der Waals surface area contributed by atoms with Gasteiger partial charge >= 0.3 is 0 Å². The largest absolute Gasteiger partial charge is 0.494 e. The molecule has 0 aliphatic carbocycles. The lowest BCUT2D eigenvalue weighted by atomic mass is 9.93. The Hall–Kier alpha value is -2.20. The monoisotopic (exact) mass is 369 g/mol. The van der Waals surface area contributed by atoms with E-state index in [1.807, 2.05) is 36.4 Å². The first kappa shape index (κ1) is 19.6. The van der Waals surface area contributed by atoms with Gasteiger partial charge in [0, 0.05) is 6.54 Å². The molecular weight excluding hydrogens is 338 g/mol. The van der Waals surface area contributed by atoms with E-state index in [9.17, 15) is 0 Å². The van der Waals surface area contributed by atoms with Crippen molar-refractivity contribution in [2.24, 2.45) is 5.92 Å². The lowest BCUT2D eigenvalue weighted by Gasteiger charge is -2.32. The molecule has 1 fully saturated rings. The van der Waals surface area contributed by atoms with Crippen molar-refractivity contribution in [2.45, 2.75) is 25.7 Å². The van der Waals surface area contributed by atoms with Crippen molar-refractivity contribution in [1.82, 2.24) is 4.90 Å². The van der Waals surface area contributed by atoms with Crippen molar-refractivity contribution in [3.8, 4) is 17.2 Å². The molecule has 0 N–H and O–H groups in total. The van der Waals surface area contributed by atoms with Gasteiger partial charge < -0.3 is 19.1 Å². The number of piperidine rings is 1. The van der Waals surface area contributed by atoms with Gasteiger partial charge in [-0.15, -0.1) is 0 Å². The summed E-state index contributed by atoms with van der Waals surface area (Å²) in [5.41, 5.74) is 1.30. The van der Waals surface area contributed by atoms with Crippen LogP contribution in [-0.4, -0.2) is 45.4 Å². The molecule has 3 rings (SSSR count). The van der Waals surface area contributed by atoms with Crippen LogP contribution in [0.25, 0.3) is 0 Å². The number of rotatable bonds is 9. The van der Waals surface area contributed by atoms with Gasteiger partial charge in [-0.1, -0.05) is 24.3 Å². The predicted molar refractivity (Wildman–Crippen MR) is 109 cm³/mol. The molecule has 0 bridgehead atoms. The number of ether oxygens (including phenoxy) is 3. The third-order valence-electron chi connectivity index (χ3n) is 5.41. The van der Waals surface area contributed by atoms with E-state index >= 15 is 0 Å². The van der Waals surface area contributed by atoms with E-state index in [1.165, 1.54) is 31.5 Å². The van der Waals surface area contributed by atoms with Gasteiger partial charge in [0.05, 0.1) is 20.8 Å². The molecule has 0 atom stereocenters. The van der Waals surface area contributed by atoms with Crippen molar-refractivity contribution in [3.05, 3.63) is 54.1 Å². The molecule has 1 heterocycles. The molecule has 1 saturated heterocycles. The standard InChI is InChI=1S/C23H31NO3/c1-25-22-9-8-20(18-23(22)26-2)12-16-24-14-10-19(11-15-24)13-17-27-21-6-4-3-5-7-21/h3-9,18-19H,10-17H2,1-2H3. The number of benzene rings is 2. The number of hydrogen-bond acceptors (Lipinski definition) is 4. The van der Waals surface area contributed by atoms with E-state index in [2.05, 4.69) is 17.0 Å². The lowest BCUT2D eigenvalue weighted by Crippen LogP contribution is -2.35. The molecule has 2 aromatic rings. The van der Waals surface area contributed by atoms with E-state index in [4.69, 9.17) is 14.2 Å². The molecule has 0 saturated carbocycles. The quantitative estimate of drug-likeness (QED) is 0.654. The zero-order valence-corrected chi connectivity index (χ0v) is 16.5. The molecule has 0 unspecified atom stereocenters. The van der Waals surface area contributed by atoms with E-state index in [0.717, 1.165) is 49.2 Å². The summed E-state index contributed by atoms with van der Waals surface area (Å²) >= 11 is 0. The van der Waals surface area contributed by atoms with Crippen LogP contribution in [0.5, 0.6) is 17.2 Å². The third kappa shape index (κ3) is 5.90. The molecule has 1 aliphatic rings. The Kier molecular flexibility index (Phi) is 7.40. The second-order valence-corrected chi connectivity index (χ2v) is 7.17. The van der Waals surface area contributed by atoms with Gasteiger partial charge in [-0.05, 0) is 74.5 Å². The summed E-state index contributed by atoms with van der Waals surface area (Å²) < 4.78 is 16.6. The summed E-state index contributed by atoms with van der Waals surface area (Å²) in [5.74, 6) is 3.36. The third-order valence-corrected chi connectivity index (χ3v) is 5.41. The van der Waals surface area contributed by atoms with E-state index < -0.39 is 0 Å². The summed E-state index contributed by atoms with van der Waals surface area (Å²) in [7, 11) is 3.36. The average Bonchev–Trinajstić information content (AvgIpc) is 2.73. The first-order valence-corrected chi connectivity index (χ1v) is 9.89. The molecule has 146 valence electrons. The highest BCUT2D eigenvalue weighted by molar-refractivity contribution is 5.42. The minimum absolute atomic E-state index is 0.783. The molecule has 0 radical (unpaired) electrons. The zero-order valence-electron chi connectivity index (χ0n) is 16.5. The maximum atomic E-state index is 5.85. The SMILES string of the molecule is COc1ccc(CCN2CCC(CCOc3ccccc3)CC2)cc1OC. The molecular formula is C23H31NO3. The molecule has 4 heteroatoms. The molecule has 0 aromatic heterocycles. The Morgan fingerprint density at radius 2 is 1.67 bits per heavy atom. The number of methoxy groups -OCH3 is 2. The topological polar surface area (TPSA) is 30.9 Å². The van der Waals surface area contributed by atoms with Gasteiger partial charge in [0.1, 0.15) is 5.75 Å². The highest BCUT2D eigenvalue weighted by atomic mass is 16.5. The fourth-order valence-corrected chi connectivity index (χ4v) is 3.68. The van der Waals surface area contributed by atoms with Gasteiger partial charge in [-0.25, -0.2) is 0 Å². The average molecular weight is 370 g/mol. The lowest BCUT2D eigenvalue weighted by molar-refractivity contribution is 0.164. The van der Waals surface area contributed by atoms with Crippen LogP contribution in [0.4, 0.5) is 0 Å². The van der Waals surface area contributed by atoms with E-state index in [1.54, 1.807) is 14.2 Å². The van der Waals surface area contributed by atoms with Gasteiger partial charge in [-0.2, -0.15) is 0 Å². The highest BCUT2D eigenvalue weighted by Crippen LogP contribution is 2.28. The first-order chi connectivity index (χ1) is 13.3. The normalized spacial score (nSPS) is 15.5.